The second kappa shape index (κ2) is 8.73. The molecule has 3 rings (SSSR count). The maximum Gasteiger partial charge on any atom is 0.414 e. The average Bonchev–Trinajstić information content (AvgIpc) is 3.12. The Labute approximate surface area is 187 Å². The van der Waals surface area contributed by atoms with Gasteiger partial charge in [-0.2, -0.15) is 0 Å². The first kappa shape index (κ1) is 20.5. The van der Waals surface area contributed by atoms with Gasteiger partial charge in [0.2, 0.25) is 0 Å². The van der Waals surface area contributed by atoms with Crippen molar-refractivity contribution in [2.24, 2.45) is 0 Å². The van der Waals surface area contributed by atoms with Crippen LogP contribution < -0.4 is 10.2 Å². The number of halogens is 2. The molecule has 1 radical (unpaired) electrons. The summed E-state index contributed by atoms with van der Waals surface area (Å²) in [4.78, 5) is 28.9. The van der Waals surface area contributed by atoms with Crippen LogP contribution in [-0.4, -0.2) is 36.2 Å². The summed E-state index contributed by atoms with van der Waals surface area (Å²) in [5, 5.41) is 2.71. The Morgan fingerprint density at radius 3 is 2.88 bits per heavy atom. The van der Waals surface area contributed by atoms with Crippen molar-refractivity contribution in [2.45, 2.75) is 6.10 Å². The summed E-state index contributed by atoms with van der Waals surface area (Å²) in [5.41, 5.74) is 7.32. The first-order valence-electron chi connectivity index (χ1n) is 6.83. The summed E-state index contributed by atoms with van der Waals surface area (Å²) in [5.74, 6) is -1.45. The van der Waals surface area contributed by atoms with Gasteiger partial charge in [0.25, 0.3) is 5.91 Å². The van der Waals surface area contributed by atoms with Gasteiger partial charge >= 0.3 is 6.09 Å². The van der Waals surface area contributed by atoms with E-state index >= 15 is 0 Å². The van der Waals surface area contributed by atoms with E-state index in [9.17, 15) is 14.0 Å². The van der Waals surface area contributed by atoms with Crippen molar-refractivity contribution in [2.75, 3.05) is 23.3 Å². The monoisotopic (exact) mass is 596 g/mol. The number of hydrogen-bond acceptors (Lipinski definition) is 5. The molecule has 1 saturated heterocycles. The zero-order valence-corrected chi connectivity index (χ0v) is 19.0. The second-order valence-electron chi connectivity index (χ2n) is 4.91. The Bertz CT molecular complexity index is 806. The number of carbonyl (C=O) groups excluding carboxylic acids is 2. The van der Waals surface area contributed by atoms with E-state index in [0.717, 1.165) is 17.4 Å². The van der Waals surface area contributed by atoms with Crippen LogP contribution in [-0.2, 0) is 4.74 Å². The van der Waals surface area contributed by atoms with Gasteiger partial charge in [-0.1, -0.05) is 22.9 Å². The van der Waals surface area contributed by atoms with Crippen LogP contribution in [0, 0.1) is 49.9 Å². The number of thiazole rings is 1. The van der Waals surface area contributed by atoms with E-state index < -0.39 is 23.9 Å². The molecule has 0 bridgehead atoms. The van der Waals surface area contributed by atoms with Crippen molar-refractivity contribution in [3.05, 3.63) is 45.8 Å². The predicted octanol–water partition coefficient (Wildman–Crippen LogP) is 3.57. The number of rotatable bonds is 4. The molecule has 7 nitrogen and oxygen atoms in total. The van der Waals surface area contributed by atoms with E-state index in [0.29, 0.717) is 4.34 Å². The van der Waals surface area contributed by atoms with Crippen LogP contribution in [0.4, 0.5) is 20.0 Å². The Morgan fingerprint density at radius 1 is 1.56 bits per heavy atom. The van der Waals surface area contributed by atoms with E-state index in [4.69, 9.17) is 22.1 Å². The number of cyclic esters (lactones) is 1. The molecule has 1 aliphatic heterocycles. The molecule has 25 heavy (non-hydrogen) atoms. The normalized spacial score (nSPS) is 16.4. The maximum atomic E-state index is 14.2. The number of nitrogens with one attached hydrogen (secondary N) is 2. The van der Waals surface area contributed by atoms with E-state index in [1.165, 1.54) is 23.2 Å². The van der Waals surface area contributed by atoms with Crippen LogP contribution in [0.3, 0.4) is 0 Å². The minimum atomic E-state index is -0.783. The van der Waals surface area contributed by atoms with Crippen molar-refractivity contribution in [1.82, 2.24) is 4.98 Å². The molecule has 0 saturated carbocycles. The summed E-state index contributed by atoms with van der Waals surface area (Å²) in [7, 11) is 0. The van der Waals surface area contributed by atoms with Gasteiger partial charge in [0.15, 0.2) is 5.13 Å². The molecule has 2 amide bonds. The van der Waals surface area contributed by atoms with Crippen LogP contribution >= 0.6 is 22.9 Å². The number of anilines is 2. The standard InChI is InChI=1S/C14H11ClFN4O3S.Ac/c15-11-5-18-13(24-11)19-12(21)9-2-1-7(3-10(9)16)20-6-8(4-17)23-14(20)22;/h1-3,5,8,17H,4,6H2,(H,18,19,21);/q-1;/t8-;/m0./s1. The molecule has 0 unspecified atom stereocenters. The Morgan fingerprint density at radius 2 is 2.32 bits per heavy atom. The Kier molecular flexibility index (Phi) is 7.17. The van der Waals surface area contributed by atoms with Gasteiger partial charge in [-0.05, 0) is 18.2 Å². The van der Waals surface area contributed by atoms with Gasteiger partial charge in [-0.15, -0.1) is 6.54 Å². The molecule has 2 heterocycles. The molecule has 2 aromatic rings. The molecule has 0 aliphatic carbocycles. The summed E-state index contributed by atoms with van der Waals surface area (Å²) in [6.45, 7) is 0.104. The molecule has 1 aromatic heterocycles. The van der Waals surface area contributed by atoms with Gasteiger partial charge < -0.3 is 10.5 Å². The molecule has 1 fully saturated rings. The fourth-order valence-corrected chi connectivity index (χ4v) is 2.98. The first-order valence-corrected chi connectivity index (χ1v) is 8.02. The average molecular weight is 597 g/mol. The molecule has 1 aromatic carbocycles. The van der Waals surface area contributed by atoms with Crippen LogP contribution in [0.1, 0.15) is 10.4 Å². The SMILES string of the molecule is [Ac].[NH-]C[C@H]1CN(c2ccc(C(=O)Nc3ncc(Cl)s3)c(F)c2)C(=O)O1. The van der Waals surface area contributed by atoms with Gasteiger partial charge in [0.05, 0.1) is 24.0 Å². The molecule has 1 aliphatic rings. The molecule has 2 N–H and O–H groups in total. The zero-order valence-electron chi connectivity index (χ0n) is 12.7. The van der Waals surface area contributed by atoms with E-state index in [2.05, 4.69) is 10.3 Å². The van der Waals surface area contributed by atoms with Crippen LogP contribution in [0.15, 0.2) is 24.4 Å². The van der Waals surface area contributed by atoms with Crippen LogP contribution in [0.25, 0.3) is 5.73 Å². The third kappa shape index (κ3) is 4.69. The smallest absolute Gasteiger partial charge is 0.414 e. The molecular formula is C14H11AcClFN4O3S-. The third-order valence-corrected chi connectivity index (χ3v) is 4.34. The summed E-state index contributed by atoms with van der Waals surface area (Å²) < 4.78 is 19.6. The summed E-state index contributed by atoms with van der Waals surface area (Å²) in [6.07, 6.45) is 0.197. The van der Waals surface area contributed by atoms with Gasteiger partial charge in [-0.25, -0.2) is 14.2 Å². The molecule has 0 spiro atoms. The van der Waals surface area contributed by atoms with Gasteiger partial charge in [0, 0.05) is 44.1 Å². The van der Waals surface area contributed by atoms with Crippen molar-refractivity contribution < 1.29 is 62.8 Å². The maximum absolute atomic E-state index is 14.2. The van der Waals surface area contributed by atoms with Gasteiger partial charge in [-0.3, -0.25) is 15.0 Å². The molecule has 129 valence electrons. The van der Waals surface area contributed by atoms with Crippen molar-refractivity contribution in [1.29, 1.82) is 0 Å². The van der Waals surface area contributed by atoms with E-state index in [1.807, 2.05) is 0 Å². The quantitative estimate of drug-likeness (QED) is 0.584. The largest absolute Gasteiger partial charge is 0.674 e. The minimum Gasteiger partial charge on any atom is -0.674 e. The number of aromatic nitrogens is 1. The second-order valence-corrected chi connectivity index (χ2v) is 6.57. The number of amides is 2. The Balaban J connectivity index is 0.00000225. The number of nitrogens with zero attached hydrogens (tertiary/aromatic N) is 2. The molecule has 1 atom stereocenters. The molecule has 11 heteroatoms. The van der Waals surface area contributed by atoms with E-state index in [1.54, 1.807) is 0 Å². The van der Waals surface area contributed by atoms with Crippen LogP contribution in [0.5, 0.6) is 0 Å². The number of benzene rings is 1. The van der Waals surface area contributed by atoms with Crippen molar-refractivity contribution in [3.63, 3.8) is 0 Å². The number of hydrogen-bond donors (Lipinski definition) is 1. The molecular weight excluding hydrogens is 586 g/mol. The fraction of sp³-hybridized carbons (Fsp3) is 0.214. The van der Waals surface area contributed by atoms with E-state index in [-0.39, 0.29) is 73.5 Å². The summed E-state index contributed by atoms with van der Waals surface area (Å²) in [6, 6.07) is 3.80. The minimum absolute atomic E-state index is 0. The first-order chi connectivity index (χ1) is 11.5. The van der Waals surface area contributed by atoms with Crippen molar-refractivity contribution in [3.8, 4) is 0 Å². The van der Waals surface area contributed by atoms with Gasteiger partial charge in [0.1, 0.15) is 16.3 Å². The predicted molar refractivity (Wildman–Crippen MR) is 88.3 cm³/mol. The summed E-state index contributed by atoms with van der Waals surface area (Å²) >= 11 is 6.78. The third-order valence-electron chi connectivity index (χ3n) is 3.31. The fourth-order valence-electron chi connectivity index (χ4n) is 2.17. The zero-order chi connectivity index (χ0) is 17.3. The van der Waals surface area contributed by atoms with Crippen molar-refractivity contribution >= 4 is 45.8 Å². The Hall–Kier alpha value is -0.788. The number of ether oxygens (including phenoxy) is 1. The number of carbonyl (C=O) groups is 2. The topological polar surface area (TPSA) is 95.3 Å². The van der Waals surface area contributed by atoms with Crippen LogP contribution in [0.2, 0.25) is 4.34 Å².